The summed E-state index contributed by atoms with van der Waals surface area (Å²) >= 11 is 0. The van der Waals surface area contributed by atoms with Gasteiger partial charge < -0.3 is 10.5 Å². The highest BCUT2D eigenvalue weighted by atomic mass is 19.1. The molecule has 1 aromatic carbocycles. The van der Waals surface area contributed by atoms with E-state index < -0.39 is 11.8 Å². The third-order valence-electron chi connectivity index (χ3n) is 2.59. The van der Waals surface area contributed by atoms with E-state index in [0.29, 0.717) is 5.69 Å². The molecule has 0 unspecified atom stereocenters. The van der Waals surface area contributed by atoms with Crippen LogP contribution in [0, 0.1) is 12.7 Å². The van der Waals surface area contributed by atoms with Gasteiger partial charge in [-0.15, -0.1) is 0 Å². The summed E-state index contributed by atoms with van der Waals surface area (Å²) in [5.74, 6) is -1.24. The summed E-state index contributed by atoms with van der Waals surface area (Å²) < 4.78 is 19.9. The predicted octanol–water partition coefficient (Wildman–Crippen LogP) is 1.58. The lowest BCUT2D eigenvalue weighted by Crippen LogP contribution is -2.06. The van der Waals surface area contributed by atoms with E-state index in [4.69, 9.17) is 5.73 Å². The van der Waals surface area contributed by atoms with Gasteiger partial charge in [-0.3, -0.25) is 0 Å². The maximum absolute atomic E-state index is 14.1. The van der Waals surface area contributed by atoms with Crippen molar-refractivity contribution in [1.29, 1.82) is 0 Å². The summed E-state index contributed by atoms with van der Waals surface area (Å²) in [6.45, 7) is 1.76. The number of hydrogen-bond donors (Lipinski definition) is 1. The van der Waals surface area contributed by atoms with Gasteiger partial charge in [-0.25, -0.2) is 18.8 Å². The molecule has 0 atom stereocenters. The fourth-order valence-electron chi connectivity index (χ4n) is 1.64. The second-order valence-electron chi connectivity index (χ2n) is 4.03. The van der Waals surface area contributed by atoms with Crippen molar-refractivity contribution in [2.75, 3.05) is 12.8 Å². The van der Waals surface area contributed by atoms with Crippen LogP contribution < -0.4 is 5.73 Å². The second kappa shape index (κ2) is 5.52. The van der Waals surface area contributed by atoms with Crippen molar-refractivity contribution in [3.8, 4) is 0 Å². The number of hydrogen-bond acceptors (Lipinski definition) is 5. The predicted molar refractivity (Wildman–Crippen MR) is 72.1 cm³/mol. The minimum Gasteiger partial charge on any atom is -0.465 e. The molecule has 6 nitrogen and oxygen atoms in total. The highest BCUT2D eigenvalue weighted by Crippen LogP contribution is 2.13. The standard InChI is InChI=1S/C13H13FN4O2/c1-8-7-18(13(15)17-8)16-6-9-4-3-5-10(11(9)14)12(19)20-2/h3-7H,1-2H3,(H2,15,17). The molecule has 0 saturated carbocycles. The van der Waals surface area contributed by atoms with Gasteiger partial charge in [0, 0.05) is 5.56 Å². The number of nitrogens with two attached hydrogens (primary N) is 1. The molecular formula is C13H13FN4O2. The van der Waals surface area contributed by atoms with Gasteiger partial charge in [-0.05, 0) is 13.0 Å². The maximum Gasteiger partial charge on any atom is 0.340 e. The lowest BCUT2D eigenvalue weighted by Gasteiger charge is -2.03. The number of aryl methyl sites for hydroxylation is 1. The number of benzene rings is 1. The van der Waals surface area contributed by atoms with Gasteiger partial charge in [0.2, 0.25) is 5.95 Å². The van der Waals surface area contributed by atoms with Crippen molar-refractivity contribution in [3.05, 3.63) is 47.0 Å². The smallest absolute Gasteiger partial charge is 0.340 e. The molecule has 0 bridgehead atoms. The number of halogens is 1. The van der Waals surface area contributed by atoms with E-state index in [2.05, 4.69) is 14.8 Å². The zero-order valence-electron chi connectivity index (χ0n) is 11.0. The summed E-state index contributed by atoms with van der Waals surface area (Å²) in [6, 6.07) is 4.37. The fourth-order valence-corrected chi connectivity index (χ4v) is 1.64. The number of anilines is 1. The highest BCUT2D eigenvalue weighted by Gasteiger charge is 2.14. The Morgan fingerprint density at radius 3 is 2.90 bits per heavy atom. The maximum atomic E-state index is 14.1. The first-order chi connectivity index (χ1) is 9.52. The number of nitrogens with zero attached hydrogens (tertiary/aromatic N) is 3. The van der Waals surface area contributed by atoms with Crippen LogP contribution in [-0.2, 0) is 4.74 Å². The van der Waals surface area contributed by atoms with Crippen molar-refractivity contribution < 1.29 is 13.9 Å². The lowest BCUT2D eigenvalue weighted by molar-refractivity contribution is 0.0595. The number of carbonyl (C=O) groups excluding carboxylic acids is 1. The van der Waals surface area contributed by atoms with E-state index in [0.717, 1.165) is 0 Å². The summed E-state index contributed by atoms with van der Waals surface area (Å²) in [6.07, 6.45) is 2.87. The van der Waals surface area contributed by atoms with Gasteiger partial charge >= 0.3 is 5.97 Å². The quantitative estimate of drug-likeness (QED) is 0.681. The first kappa shape index (κ1) is 13.7. The Balaban J connectivity index is 2.35. The molecule has 0 radical (unpaired) electrons. The average molecular weight is 276 g/mol. The van der Waals surface area contributed by atoms with Crippen molar-refractivity contribution >= 4 is 18.1 Å². The van der Waals surface area contributed by atoms with Gasteiger partial charge in [0.25, 0.3) is 0 Å². The van der Waals surface area contributed by atoms with Crippen LogP contribution in [0.1, 0.15) is 21.6 Å². The average Bonchev–Trinajstić information content (AvgIpc) is 2.75. The van der Waals surface area contributed by atoms with E-state index in [1.165, 1.54) is 30.1 Å². The van der Waals surface area contributed by atoms with E-state index in [1.54, 1.807) is 19.2 Å². The molecule has 0 fully saturated rings. The molecule has 0 aliphatic heterocycles. The van der Waals surface area contributed by atoms with E-state index >= 15 is 0 Å². The van der Waals surface area contributed by atoms with Gasteiger partial charge in [0.1, 0.15) is 5.82 Å². The lowest BCUT2D eigenvalue weighted by atomic mass is 10.1. The summed E-state index contributed by atoms with van der Waals surface area (Å²) in [5, 5.41) is 4.00. The Hall–Kier alpha value is -2.70. The van der Waals surface area contributed by atoms with E-state index in [-0.39, 0.29) is 17.1 Å². The molecule has 2 N–H and O–H groups in total. The minimum atomic E-state index is -0.740. The molecule has 1 heterocycles. The number of carbonyl (C=O) groups is 1. The van der Waals surface area contributed by atoms with Gasteiger partial charge in [-0.1, -0.05) is 12.1 Å². The molecule has 2 rings (SSSR count). The normalized spacial score (nSPS) is 10.9. The third-order valence-corrected chi connectivity index (χ3v) is 2.59. The molecule has 0 spiro atoms. The van der Waals surface area contributed by atoms with Gasteiger partial charge in [0.05, 0.1) is 30.8 Å². The molecule has 7 heteroatoms. The van der Waals surface area contributed by atoms with Crippen LogP contribution in [0.3, 0.4) is 0 Å². The highest BCUT2D eigenvalue weighted by molar-refractivity contribution is 5.92. The number of methoxy groups -OCH3 is 1. The molecule has 0 amide bonds. The molecule has 1 aromatic heterocycles. The third kappa shape index (κ3) is 2.66. The molecule has 0 aliphatic carbocycles. The molecule has 0 aliphatic rings. The second-order valence-corrected chi connectivity index (χ2v) is 4.03. The first-order valence-electron chi connectivity index (χ1n) is 5.75. The Kier molecular flexibility index (Phi) is 3.79. The fraction of sp³-hybridized carbons (Fsp3) is 0.154. The molecule has 20 heavy (non-hydrogen) atoms. The summed E-state index contributed by atoms with van der Waals surface area (Å²) in [5.41, 5.74) is 6.32. The van der Waals surface area contributed by atoms with Crippen molar-refractivity contribution in [3.63, 3.8) is 0 Å². The van der Waals surface area contributed by atoms with Crippen LogP contribution in [-0.4, -0.2) is 29.0 Å². The SMILES string of the molecule is COC(=O)c1cccc(C=Nn2cc(C)nc2N)c1F. The van der Waals surface area contributed by atoms with E-state index in [1.807, 2.05) is 0 Å². The van der Waals surface area contributed by atoms with Crippen molar-refractivity contribution in [1.82, 2.24) is 9.66 Å². The monoisotopic (exact) mass is 276 g/mol. The number of ether oxygens (including phenoxy) is 1. The number of esters is 1. The number of rotatable bonds is 3. The molecule has 0 saturated heterocycles. The number of aromatic nitrogens is 2. The zero-order valence-corrected chi connectivity index (χ0v) is 11.0. The van der Waals surface area contributed by atoms with Crippen LogP contribution >= 0.6 is 0 Å². The van der Waals surface area contributed by atoms with Crippen molar-refractivity contribution in [2.45, 2.75) is 6.92 Å². The summed E-state index contributed by atoms with van der Waals surface area (Å²) in [7, 11) is 1.19. The van der Waals surface area contributed by atoms with Crippen LogP contribution in [0.5, 0.6) is 0 Å². The van der Waals surface area contributed by atoms with Gasteiger partial charge in [-0.2, -0.15) is 5.10 Å². The molecule has 104 valence electrons. The number of nitrogen functional groups attached to an aromatic ring is 1. The van der Waals surface area contributed by atoms with Gasteiger partial charge in [0.15, 0.2) is 0 Å². The van der Waals surface area contributed by atoms with Crippen LogP contribution in [0.4, 0.5) is 10.3 Å². The van der Waals surface area contributed by atoms with Crippen LogP contribution in [0.2, 0.25) is 0 Å². The van der Waals surface area contributed by atoms with Crippen LogP contribution in [0.25, 0.3) is 0 Å². The number of imidazole rings is 1. The summed E-state index contributed by atoms with van der Waals surface area (Å²) in [4.78, 5) is 15.3. The first-order valence-corrected chi connectivity index (χ1v) is 5.75. The topological polar surface area (TPSA) is 82.5 Å². The Morgan fingerprint density at radius 2 is 2.30 bits per heavy atom. The van der Waals surface area contributed by atoms with E-state index in [9.17, 15) is 9.18 Å². The Morgan fingerprint density at radius 1 is 1.55 bits per heavy atom. The zero-order chi connectivity index (χ0) is 14.7. The molecule has 2 aromatic rings. The van der Waals surface area contributed by atoms with Crippen molar-refractivity contribution in [2.24, 2.45) is 5.10 Å². The minimum absolute atomic E-state index is 0.147. The molecular weight excluding hydrogens is 263 g/mol. The largest absolute Gasteiger partial charge is 0.465 e. The Bertz CT molecular complexity index is 679. The Labute approximate surface area is 114 Å². The van der Waals surface area contributed by atoms with Crippen LogP contribution in [0.15, 0.2) is 29.5 Å².